The number of amides is 1. The van der Waals surface area contributed by atoms with E-state index in [0.29, 0.717) is 18.7 Å². The van der Waals surface area contributed by atoms with Gasteiger partial charge in [0.1, 0.15) is 6.04 Å². The molecule has 0 bridgehead atoms. The second-order valence-corrected chi connectivity index (χ2v) is 9.06. The van der Waals surface area contributed by atoms with Crippen LogP contribution in [0.15, 0.2) is 48.5 Å². The number of carbonyl (C=O) groups excluding carboxylic acids is 1. The van der Waals surface area contributed by atoms with Crippen LogP contribution in [0.1, 0.15) is 36.5 Å². The molecule has 0 aromatic heterocycles. The van der Waals surface area contributed by atoms with Crippen molar-refractivity contribution in [1.82, 2.24) is 5.32 Å². The lowest BCUT2D eigenvalue weighted by Crippen LogP contribution is -2.49. The summed E-state index contributed by atoms with van der Waals surface area (Å²) in [5, 5.41) is 2.91. The number of nitrogens with zero attached hydrogens (tertiary/aromatic N) is 1. The summed E-state index contributed by atoms with van der Waals surface area (Å²) >= 11 is 0. The van der Waals surface area contributed by atoms with Gasteiger partial charge in [-0.1, -0.05) is 54.4 Å². The Morgan fingerprint density at radius 3 is 2.32 bits per heavy atom. The van der Waals surface area contributed by atoms with Gasteiger partial charge in [0.25, 0.3) is 0 Å². The van der Waals surface area contributed by atoms with E-state index in [2.05, 4.69) is 30.4 Å². The zero-order chi connectivity index (χ0) is 20.7. The monoisotopic (exact) mass is 402 g/mol. The SMILES string of the molecule is CC[C@H](C(=O)NCCCc1cccc(C)c1)N(c1ccc(C)cc1)S(C)(=O)=O. The molecule has 0 saturated heterocycles. The summed E-state index contributed by atoms with van der Waals surface area (Å²) in [4.78, 5) is 12.8. The van der Waals surface area contributed by atoms with Crippen molar-refractivity contribution < 1.29 is 13.2 Å². The Bertz CT molecular complexity index is 892. The van der Waals surface area contributed by atoms with Crippen LogP contribution in [0.4, 0.5) is 5.69 Å². The molecule has 28 heavy (non-hydrogen) atoms. The maximum atomic E-state index is 12.8. The molecular weight excluding hydrogens is 372 g/mol. The molecule has 1 amide bonds. The van der Waals surface area contributed by atoms with Crippen LogP contribution in [-0.2, 0) is 21.2 Å². The predicted octanol–water partition coefficient (Wildman–Crippen LogP) is 3.60. The molecule has 1 N–H and O–H groups in total. The van der Waals surface area contributed by atoms with Gasteiger partial charge in [0.2, 0.25) is 15.9 Å². The Morgan fingerprint density at radius 1 is 1.07 bits per heavy atom. The van der Waals surface area contributed by atoms with E-state index < -0.39 is 16.1 Å². The molecule has 0 aliphatic heterocycles. The molecule has 2 aromatic rings. The highest BCUT2D eigenvalue weighted by atomic mass is 32.2. The molecule has 0 aliphatic carbocycles. The number of anilines is 1. The van der Waals surface area contributed by atoms with Gasteiger partial charge in [0, 0.05) is 6.54 Å². The van der Waals surface area contributed by atoms with Gasteiger partial charge >= 0.3 is 0 Å². The first-order chi connectivity index (χ1) is 13.2. The van der Waals surface area contributed by atoms with Crippen molar-refractivity contribution in [1.29, 1.82) is 0 Å². The van der Waals surface area contributed by atoms with Crippen LogP contribution < -0.4 is 9.62 Å². The van der Waals surface area contributed by atoms with Crippen LogP contribution in [0.2, 0.25) is 0 Å². The molecule has 0 unspecified atom stereocenters. The van der Waals surface area contributed by atoms with Crippen molar-refractivity contribution in [2.45, 2.75) is 46.1 Å². The largest absolute Gasteiger partial charge is 0.354 e. The molecule has 152 valence electrons. The first-order valence-electron chi connectivity index (χ1n) is 9.61. The van der Waals surface area contributed by atoms with Crippen LogP contribution >= 0.6 is 0 Å². The van der Waals surface area contributed by atoms with E-state index in [1.165, 1.54) is 15.4 Å². The molecule has 0 heterocycles. The van der Waals surface area contributed by atoms with Gasteiger partial charge in [-0.05, 0) is 50.8 Å². The zero-order valence-electron chi connectivity index (χ0n) is 17.1. The highest BCUT2D eigenvalue weighted by Crippen LogP contribution is 2.23. The predicted molar refractivity (Wildman–Crippen MR) is 115 cm³/mol. The molecule has 2 rings (SSSR count). The lowest BCUT2D eigenvalue weighted by atomic mass is 10.1. The average Bonchev–Trinajstić information content (AvgIpc) is 2.63. The maximum absolute atomic E-state index is 12.8. The smallest absolute Gasteiger partial charge is 0.243 e. The Hall–Kier alpha value is -2.34. The van der Waals surface area contributed by atoms with Crippen molar-refractivity contribution in [3.63, 3.8) is 0 Å². The third-order valence-electron chi connectivity index (χ3n) is 4.64. The molecular formula is C22H30N2O3S. The second kappa shape index (κ2) is 9.73. The number of carbonyl (C=O) groups is 1. The molecule has 5 nitrogen and oxygen atoms in total. The van der Waals surface area contributed by atoms with Gasteiger partial charge in [-0.3, -0.25) is 9.10 Å². The first kappa shape index (κ1) is 22.0. The minimum absolute atomic E-state index is 0.266. The quantitative estimate of drug-likeness (QED) is 0.652. The van der Waals surface area contributed by atoms with Crippen molar-refractivity contribution in [2.24, 2.45) is 0 Å². The standard InChI is InChI=1S/C22H30N2O3S/c1-5-21(24(28(4,26)27)20-13-11-17(2)12-14-20)22(25)23-15-7-10-19-9-6-8-18(3)16-19/h6,8-9,11-14,16,21H,5,7,10,15H2,1-4H3,(H,23,25)/t21-/m1/s1. The number of rotatable bonds is 9. The van der Waals surface area contributed by atoms with Gasteiger partial charge in [-0.25, -0.2) is 8.42 Å². The normalized spacial score (nSPS) is 12.4. The summed E-state index contributed by atoms with van der Waals surface area (Å²) in [7, 11) is -3.59. The average molecular weight is 403 g/mol. The van der Waals surface area contributed by atoms with Crippen LogP contribution in [0, 0.1) is 13.8 Å². The lowest BCUT2D eigenvalue weighted by Gasteiger charge is -2.30. The number of aryl methyl sites for hydroxylation is 3. The van der Waals surface area contributed by atoms with Crippen molar-refractivity contribution >= 4 is 21.6 Å². The Morgan fingerprint density at radius 2 is 1.75 bits per heavy atom. The Balaban J connectivity index is 2.04. The van der Waals surface area contributed by atoms with Gasteiger partial charge < -0.3 is 5.32 Å². The van der Waals surface area contributed by atoms with E-state index in [0.717, 1.165) is 24.7 Å². The topological polar surface area (TPSA) is 66.5 Å². The summed E-state index contributed by atoms with van der Waals surface area (Å²) < 4.78 is 26.1. The third-order valence-corrected chi connectivity index (χ3v) is 5.82. The number of sulfonamides is 1. The van der Waals surface area contributed by atoms with Crippen molar-refractivity contribution in [2.75, 3.05) is 17.1 Å². The number of hydrogen-bond acceptors (Lipinski definition) is 3. The van der Waals surface area contributed by atoms with Crippen LogP contribution in [0.25, 0.3) is 0 Å². The minimum atomic E-state index is -3.59. The first-order valence-corrected chi connectivity index (χ1v) is 11.5. The van der Waals surface area contributed by atoms with Gasteiger partial charge in [0.05, 0.1) is 11.9 Å². The Labute approximate surface area is 168 Å². The summed E-state index contributed by atoms with van der Waals surface area (Å²) in [6.45, 7) is 6.33. The summed E-state index contributed by atoms with van der Waals surface area (Å²) in [5.74, 6) is -0.266. The molecule has 0 aliphatic rings. The van der Waals surface area contributed by atoms with E-state index >= 15 is 0 Å². The van der Waals surface area contributed by atoms with Crippen LogP contribution in [0.5, 0.6) is 0 Å². The zero-order valence-corrected chi connectivity index (χ0v) is 17.9. The molecule has 0 saturated carbocycles. The summed E-state index contributed by atoms with van der Waals surface area (Å²) in [6.07, 6.45) is 3.20. The van der Waals surface area contributed by atoms with E-state index in [4.69, 9.17) is 0 Å². The third kappa shape index (κ3) is 6.09. The van der Waals surface area contributed by atoms with Crippen molar-refractivity contribution in [3.05, 3.63) is 65.2 Å². The van der Waals surface area contributed by atoms with E-state index in [1.54, 1.807) is 12.1 Å². The molecule has 0 fully saturated rings. The minimum Gasteiger partial charge on any atom is -0.354 e. The summed E-state index contributed by atoms with van der Waals surface area (Å²) in [6, 6.07) is 14.7. The highest BCUT2D eigenvalue weighted by Gasteiger charge is 2.31. The molecule has 0 radical (unpaired) electrons. The summed E-state index contributed by atoms with van der Waals surface area (Å²) in [5.41, 5.74) is 3.99. The highest BCUT2D eigenvalue weighted by molar-refractivity contribution is 7.92. The van der Waals surface area contributed by atoms with Crippen molar-refractivity contribution in [3.8, 4) is 0 Å². The molecule has 2 aromatic carbocycles. The van der Waals surface area contributed by atoms with Crippen LogP contribution in [0.3, 0.4) is 0 Å². The second-order valence-electron chi connectivity index (χ2n) is 7.20. The molecule has 6 heteroatoms. The number of nitrogens with one attached hydrogen (secondary N) is 1. The van der Waals surface area contributed by atoms with Gasteiger partial charge in [-0.2, -0.15) is 0 Å². The maximum Gasteiger partial charge on any atom is 0.243 e. The fourth-order valence-electron chi connectivity index (χ4n) is 3.24. The van der Waals surface area contributed by atoms with E-state index in [-0.39, 0.29) is 5.91 Å². The molecule has 0 spiro atoms. The fourth-order valence-corrected chi connectivity index (χ4v) is 4.45. The van der Waals surface area contributed by atoms with E-state index in [9.17, 15) is 13.2 Å². The lowest BCUT2D eigenvalue weighted by molar-refractivity contribution is -0.122. The fraction of sp³-hybridized carbons (Fsp3) is 0.409. The Kier molecular flexibility index (Phi) is 7.63. The van der Waals surface area contributed by atoms with Crippen LogP contribution in [-0.4, -0.2) is 33.2 Å². The number of hydrogen-bond donors (Lipinski definition) is 1. The van der Waals surface area contributed by atoms with Gasteiger partial charge in [0.15, 0.2) is 0 Å². The molecule has 1 atom stereocenters. The van der Waals surface area contributed by atoms with E-state index in [1.807, 2.05) is 32.0 Å². The van der Waals surface area contributed by atoms with Gasteiger partial charge in [-0.15, -0.1) is 0 Å². The number of benzene rings is 2.